The molecule has 1 fully saturated rings. The molecule has 2 aliphatic rings. The summed E-state index contributed by atoms with van der Waals surface area (Å²) in [7, 11) is -3.24. The number of ether oxygens (including phenoxy) is 2. The molecule has 2 heterocycles. The summed E-state index contributed by atoms with van der Waals surface area (Å²) in [6, 6.07) is 11.0. The highest BCUT2D eigenvalue weighted by Gasteiger charge is 2.45. The second kappa shape index (κ2) is 8.08. The van der Waals surface area contributed by atoms with Gasteiger partial charge in [-0.1, -0.05) is 18.2 Å². The summed E-state index contributed by atoms with van der Waals surface area (Å²) in [5.41, 5.74) is 1.03. The summed E-state index contributed by atoms with van der Waals surface area (Å²) in [6.45, 7) is 2.89. The van der Waals surface area contributed by atoms with Crippen molar-refractivity contribution in [3.05, 3.63) is 53.6 Å². The lowest BCUT2D eigenvalue weighted by molar-refractivity contribution is -0.286. The summed E-state index contributed by atoms with van der Waals surface area (Å²) >= 11 is 0. The van der Waals surface area contributed by atoms with Crippen LogP contribution in [0, 0.1) is 0 Å². The quantitative estimate of drug-likeness (QED) is 0.710. The minimum atomic E-state index is -3.78. The highest BCUT2D eigenvalue weighted by molar-refractivity contribution is 7.90. The van der Waals surface area contributed by atoms with Crippen LogP contribution in [0.4, 0.5) is 8.78 Å². The lowest BCUT2D eigenvalue weighted by Gasteiger charge is -2.22. The second-order valence-corrected chi connectivity index (χ2v) is 9.65. The average molecular weight is 452 g/mol. The second-order valence-electron chi connectivity index (χ2n) is 7.64. The fourth-order valence-corrected chi connectivity index (χ4v) is 4.37. The zero-order chi connectivity index (χ0) is 22.2. The topological polar surface area (TPSA) is 76.2 Å². The van der Waals surface area contributed by atoms with E-state index in [1.807, 2.05) is 0 Å². The molecule has 1 amide bonds. The van der Waals surface area contributed by atoms with E-state index in [1.54, 1.807) is 29.2 Å². The minimum Gasteiger partial charge on any atom is -0.395 e. The van der Waals surface area contributed by atoms with Crippen molar-refractivity contribution in [2.45, 2.75) is 24.2 Å². The SMILES string of the molecule is CS(=O)(=O)c1ccc(CN2CCCN(C(=O)c3cccc4c3OC(F)(F)O4)CC2)cc1. The van der Waals surface area contributed by atoms with E-state index in [0.717, 1.165) is 18.5 Å². The summed E-state index contributed by atoms with van der Waals surface area (Å²) < 4.78 is 59.0. The Hall–Kier alpha value is -2.72. The molecule has 7 nitrogen and oxygen atoms in total. The first kappa shape index (κ1) is 21.5. The van der Waals surface area contributed by atoms with E-state index in [-0.39, 0.29) is 27.9 Å². The largest absolute Gasteiger partial charge is 0.586 e. The molecule has 0 atom stereocenters. The van der Waals surface area contributed by atoms with Crippen LogP contribution in [0.3, 0.4) is 0 Å². The van der Waals surface area contributed by atoms with Gasteiger partial charge in [0.2, 0.25) is 0 Å². The molecular weight excluding hydrogens is 430 g/mol. The number of hydrogen-bond donors (Lipinski definition) is 0. The number of rotatable bonds is 4. The third kappa shape index (κ3) is 4.80. The lowest BCUT2D eigenvalue weighted by atomic mass is 10.1. The number of sulfone groups is 1. The van der Waals surface area contributed by atoms with Gasteiger partial charge in [0, 0.05) is 39.0 Å². The first-order chi connectivity index (χ1) is 14.6. The van der Waals surface area contributed by atoms with Crippen LogP contribution in [0.15, 0.2) is 47.4 Å². The van der Waals surface area contributed by atoms with Gasteiger partial charge >= 0.3 is 6.29 Å². The van der Waals surface area contributed by atoms with Crippen LogP contribution in [0.1, 0.15) is 22.3 Å². The van der Waals surface area contributed by atoms with Gasteiger partial charge in [0.1, 0.15) is 0 Å². The van der Waals surface area contributed by atoms with Gasteiger partial charge in [-0.2, -0.15) is 0 Å². The van der Waals surface area contributed by atoms with Gasteiger partial charge in [-0.15, -0.1) is 8.78 Å². The van der Waals surface area contributed by atoms with Gasteiger partial charge in [-0.3, -0.25) is 9.69 Å². The molecule has 0 spiro atoms. The van der Waals surface area contributed by atoms with Crippen molar-refractivity contribution in [1.82, 2.24) is 9.80 Å². The van der Waals surface area contributed by atoms with Crippen LogP contribution >= 0.6 is 0 Å². The molecular formula is C21H22F2N2O5S. The van der Waals surface area contributed by atoms with Crippen molar-refractivity contribution < 1.29 is 31.5 Å². The number of carbonyl (C=O) groups excluding carboxylic acids is 1. The number of hydrogen-bond acceptors (Lipinski definition) is 6. The zero-order valence-electron chi connectivity index (χ0n) is 16.9. The first-order valence-corrected chi connectivity index (χ1v) is 11.7. The van der Waals surface area contributed by atoms with Crippen LogP contribution in [0.2, 0.25) is 0 Å². The maximum absolute atomic E-state index is 13.4. The number of para-hydroxylation sites is 1. The Morgan fingerprint density at radius 3 is 2.48 bits per heavy atom. The predicted molar refractivity (Wildman–Crippen MR) is 108 cm³/mol. The highest BCUT2D eigenvalue weighted by Crippen LogP contribution is 2.43. The monoisotopic (exact) mass is 452 g/mol. The minimum absolute atomic E-state index is 0.0551. The number of nitrogens with zero attached hydrogens (tertiary/aromatic N) is 2. The molecule has 0 N–H and O–H groups in total. The van der Waals surface area contributed by atoms with Gasteiger partial charge in [0.05, 0.1) is 10.5 Å². The van der Waals surface area contributed by atoms with Crippen LogP contribution in [0.5, 0.6) is 11.5 Å². The molecule has 4 rings (SSSR count). The van der Waals surface area contributed by atoms with Crippen molar-refractivity contribution in [3.63, 3.8) is 0 Å². The number of amides is 1. The molecule has 0 saturated carbocycles. The van der Waals surface area contributed by atoms with E-state index in [4.69, 9.17) is 0 Å². The van der Waals surface area contributed by atoms with Crippen LogP contribution in [-0.4, -0.2) is 62.9 Å². The molecule has 0 unspecified atom stereocenters. The van der Waals surface area contributed by atoms with E-state index in [0.29, 0.717) is 26.2 Å². The van der Waals surface area contributed by atoms with Gasteiger partial charge in [-0.05, 0) is 36.2 Å². The molecule has 1 saturated heterocycles. The van der Waals surface area contributed by atoms with Gasteiger partial charge < -0.3 is 14.4 Å². The van der Waals surface area contributed by atoms with Crippen molar-refractivity contribution in [3.8, 4) is 11.5 Å². The van der Waals surface area contributed by atoms with Gasteiger partial charge in [0.15, 0.2) is 21.3 Å². The molecule has 2 aromatic rings. The molecule has 0 bridgehead atoms. The predicted octanol–water partition coefficient (Wildman–Crippen LogP) is 2.76. The Balaban J connectivity index is 1.41. The van der Waals surface area contributed by atoms with Crippen LogP contribution in [-0.2, 0) is 16.4 Å². The number of benzene rings is 2. The summed E-state index contributed by atoms with van der Waals surface area (Å²) in [5, 5.41) is 0. The third-order valence-corrected chi connectivity index (χ3v) is 6.42. The molecule has 0 radical (unpaired) electrons. The molecule has 2 aromatic carbocycles. The third-order valence-electron chi connectivity index (χ3n) is 5.29. The molecule has 166 valence electrons. The Morgan fingerprint density at radius 1 is 1.03 bits per heavy atom. The van der Waals surface area contributed by atoms with Gasteiger partial charge in [-0.25, -0.2) is 8.42 Å². The van der Waals surface area contributed by atoms with Crippen molar-refractivity contribution in [1.29, 1.82) is 0 Å². The molecule has 0 aromatic heterocycles. The Labute approximate surface area is 179 Å². The molecule has 0 aliphatic carbocycles. The molecule has 10 heteroatoms. The van der Waals surface area contributed by atoms with Crippen LogP contribution in [0.25, 0.3) is 0 Å². The number of fused-ring (bicyclic) bond motifs is 1. The normalized spacial score (nSPS) is 18.6. The molecule has 2 aliphatic heterocycles. The summed E-state index contributed by atoms with van der Waals surface area (Å²) in [5.74, 6) is -0.757. The lowest BCUT2D eigenvalue weighted by Crippen LogP contribution is -2.35. The molecule has 31 heavy (non-hydrogen) atoms. The fourth-order valence-electron chi connectivity index (χ4n) is 3.74. The Bertz CT molecular complexity index is 1090. The van der Waals surface area contributed by atoms with Crippen molar-refractivity contribution in [2.24, 2.45) is 0 Å². The smallest absolute Gasteiger partial charge is 0.395 e. The maximum Gasteiger partial charge on any atom is 0.586 e. The maximum atomic E-state index is 13.4. The summed E-state index contributed by atoms with van der Waals surface area (Å²) in [6.07, 6.45) is -1.89. The van der Waals surface area contributed by atoms with E-state index in [1.165, 1.54) is 24.5 Å². The van der Waals surface area contributed by atoms with Gasteiger partial charge in [0.25, 0.3) is 5.91 Å². The fraction of sp³-hybridized carbons (Fsp3) is 0.381. The van der Waals surface area contributed by atoms with Crippen molar-refractivity contribution >= 4 is 15.7 Å². The number of alkyl halides is 2. The van der Waals surface area contributed by atoms with Crippen LogP contribution < -0.4 is 9.47 Å². The van der Waals surface area contributed by atoms with E-state index in [9.17, 15) is 22.0 Å². The standard InChI is InChI=1S/C21H22F2N2O5S/c1-31(27,28)16-8-6-15(7-9-16)14-24-10-3-11-25(13-12-24)20(26)17-4-2-5-18-19(17)30-21(22,23)29-18/h2,4-9H,3,10-14H2,1H3. The van der Waals surface area contributed by atoms with Crippen molar-refractivity contribution in [2.75, 3.05) is 32.4 Å². The van der Waals surface area contributed by atoms with E-state index in [2.05, 4.69) is 14.4 Å². The zero-order valence-corrected chi connectivity index (χ0v) is 17.7. The first-order valence-electron chi connectivity index (χ1n) is 9.82. The Morgan fingerprint density at radius 2 is 1.77 bits per heavy atom. The number of halogens is 2. The number of carbonyl (C=O) groups is 1. The highest BCUT2D eigenvalue weighted by atomic mass is 32.2. The van der Waals surface area contributed by atoms with E-state index < -0.39 is 16.1 Å². The Kier molecular flexibility index (Phi) is 5.61. The van der Waals surface area contributed by atoms with E-state index >= 15 is 0 Å². The summed E-state index contributed by atoms with van der Waals surface area (Å²) in [4.78, 5) is 17.1. The average Bonchev–Trinajstić information content (AvgIpc) is 2.86.